The molecule has 0 heterocycles. The molecule has 7 rings (SSSR count). The average molecular weight is 567 g/mol. The fourth-order valence-electron chi connectivity index (χ4n) is 6.81. The second-order valence-electron chi connectivity index (χ2n) is 11.2. The van der Waals surface area contributed by atoms with Gasteiger partial charge >= 0.3 is 0 Å². The molecular weight excluding hydrogens is 528 g/mol. The summed E-state index contributed by atoms with van der Waals surface area (Å²) in [5, 5.41) is 7.72. The fraction of sp³-hybridized carbons (Fsp3) is 0.0909. The number of rotatable bonds is 6. The molecule has 0 saturated heterocycles. The second kappa shape index (κ2) is 12.6. The summed E-state index contributed by atoms with van der Waals surface area (Å²) < 4.78 is 0. The molecule has 1 aliphatic carbocycles. The summed E-state index contributed by atoms with van der Waals surface area (Å²) in [5.74, 6) is 0. The summed E-state index contributed by atoms with van der Waals surface area (Å²) in [6.07, 6.45) is 17.4. The van der Waals surface area contributed by atoms with Gasteiger partial charge in [0, 0.05) is 0 Å². The molecule has 0 unspecified atom stereocenters. The Labute approximate surface area is 261 Å². The summed E-state index contributed by atoms with van der Waals surface area (Å²) in [6.45, 7) is 6.15. The van der Waals surface area contributed by atoms with Crippen molar-refractivity contribution in [2.45, 2.75) is 27.2 Å². The topological polar surface area (TPSA) is 0 Å². The predicted molar refractivity (Wildman–Crippen MR) is 196 cm³/mol. The summed E-state index contributed by atoms with van der Waals surface area (Å²) in [4.78, 5) is 0. The van der Waals surface area contributed by atoms with Gasteiger partial charge in [-0.1, -0.05) is 166 Å². The van der Waals surface area contributed by atoms with Crippen LogP contribution in [0.1, 0.15) is 38.3 Å². The maximum Gasteiger partial charge on any atom is -0.000162 e. The molecule has 44 heavy (non-hydrogen) atoms. The molecular formula is C44H38. The van der Waals surface area contributed by atoms with Gasteiger partial charge in [0.1, 0.15) is 0 Å². The molecule has 0 nitrogen and oxygen atoms in total. The van der Waals surface area contributed by atoms with Crippen LogP contribution in [0.25, 0.3) is 65.7 Å². The zero-order valence-corrected chi connectivity index (χ0v) is 24.6. The molecule has 214 valence electrons. The first-order valence-electron chi connectivity index (χ1n) is 15.2. The Balaban J connectivity index is 0.00000343. The van der Waals surface area contributed by atoms with Gasteiger partial charge in [-0.05, 0) is 96.6 Å². The van der Waals surface area contributed by atoms with Gasteiger partial charge in [-0.15, -0.1) is 0 Å². The lowest BCUT2D eigenvalue weighted by molar-refractivity contribution is 1.04. The zero-order valence-electron chi connectivity index (χ0n) is 24.6. The Kier molecular flexibility index (Phi) is 8.26. The first-order chi connectivity index (χ1) is 21.3. The Morgan fingerprint density at radius 3 is 1.68 bits per heavy atom. The first-order valence-corrected chi connectivity index (χ1v) is 15.2. The van der Waals surface area contributed by atoms with Crippen LogP contribution in [0.4, 0.5) is 0 Å². The van der Waals surface area contributed by atoms with Gasteiger partial charge in [0.15, 0.2) is 0 Å². The molecule has 0 fully saturated rings. The van der Waals surface area contributed by atoms with Gasteiger partial charge in [-0.2, -0.15) is 0 Å². The summed E-state index contributed by atoms with van der Waals surface area (Å²) in [7, 11) is 0. The standard InChI is InChI=1S/C43H34.CH4/c1-3-4-8-19-30(2)38-34-26-15-16-27-35(34)40(32-22-11-6-12-23-32)43-41(33-24-13-7-14-25-33)37-29-18-17-28-36(37)39(42(38)43)31-20-9-5-10-21-31;/h3-6,8-13,15-29H,1,7,14H2,2H3;1H4/b8-4-,30-19+;. The molecule has 0 atom stereocenters. The van der Waals surface area contributed by atoms with E-state index >= 15 is 0 Å². The lowest BCUT2D eigenvalue weighted by Gasteiger charge is -2.26. The van der Waals surface area contributed by atoms with E-state index in [4.69, 9.17) is 0 Å². The van der Waals surface area contributed by atoms with E-state index in [1.807, 2.05) is 12.2 Å². The minimum atomic E-state index is 0. The number of hydrogen-bond donors (Lipinski definition) is 0. The van der Waals surface area contributed by atoms with Crippen LogP contribution in [0.5, 0.6) is 0 Å². The SMILES string of the molecule is C.C=C/C=C\C=C(/C)c1c2ccccc2c(-c2ccccc2)c2c(C3=CCCC=C3)c3ccccc3c(-c3ccccc3)c12. The monoisotopic (exact) mass is 566 g/mol. The van der Waals surface area contributed by atoms with Gasteiger partial charge in [0.05, 0.1) is 0 Å². The second-order valence-corrected chi connectivity index (χ2v) is 11.2. The summed E-state index contributed by atoms with van der Waals surface area (Å²) >= 11 is 0. The predicted octanol–water partition coefficient (Wildman–Crippen LogP) is 13.0. The van der Waals surface area contributed by atoms with Crippen LogP contribution in [-0.4, -0.2) is 0 Å². The van der Waals surface area contributed by atoms with Crippen LogP contribution >= 0.6 is 0 Å². The maximum atomic E-state index is 3.90. The van der Waals surface area contributed by atoms with Crippen LogP contribution in [0.3, 0.4) is 0 Å². The Bertz CT molecular complexity index is 2120. The summed E-state index contributed by atoms with van der Waals surface area (Å²) in [5.41, 5.74) is 10.2. The van der Waals surface area contributed by atoms with E-state index in [9.17, 15) is 0 Å². The maximum absolute atomic E-state index is 3.90. The highest BCUT2D eigenvalue weighted by atomic mass is 14.3. The Morgan fingerprint density at radius 1 is 0.591 bits per heavy atom. The minimum Gasteiger partial charge on any atom is -0.0991 e. The van der Waals surface area contributed by atoms with Crippen LogP contribution in [0.2, 0.25) is 0 Å². The Morgan fingerprint density at radius 2 is 1.11 bits per heavy atom. The molecule has 0 amide bonds. The quantitative estimate of drug-likeness (QED) is 0.139. The molecule has 0 radical (unpaired) electrons. The zero-order chi connectivity index (χ0) is 29.2. The highest BCUT2D eigenvalue weighted by molar-refractivity contribution is 6.30. The molecule has 0 spiro atoms. The van der Waals surface area contributed by atoms with Crippen molar-refractivity contribution in [3.05, 3.63) is 169 Å². The van der Waals surface area contributed by atoms with E-state index in [1.54, 1.807) is 0 Å². The molecule has 1 aliphatic rings. The molecule has 0 aliphatic heterocycles. The number of fused-ring (bicyclic) bond motifs is 3. The third-order valence-corrected chi connectivity index (χ3v) is 8.58. The van der Waals surface area contributed by atoms with Crippen molar-refractivity contribution in [1.29, 1.82) is 0 Å². The van der Waals surface area contributed by atoms with Crippen molar-refractivity contribution in [2.75, 3.05) is 0 Å². The fourth-order valence-corrected chi connectivity index (χ4v) is 6.81. The van der Waals surface area contributed by atoms with Crippen LogP contribution < -0.4 is 0 Å². The van der Waals surface area contributed by atoms with Gasteiger partial charge in [-0.3, -0.25) is 0 Å². The first kappa shape index (κ1) is 28.9. The highest BCUT2D eigenvalue weighted by Crippen LogP contribution is 2.51. The smallest absolute Gasteiger partial charge is 0.000162 e. The van der Waals surface area contributed by atoms with E-state index in [1.165, 1.54) is 76.8 Å². The number of allylic oxidation sites excluding steroid dienone is 9. The van der Waals surface area contributed by atoms with Crippen molar-refractivity contribution in [3.63, 3.8) is 0 Å². The van der Waals surface area contributed by atoms with Crippen molar-refractivity contribution in [1.82, 2.24) is 0 Å². The number of benzene rings is 6. The molecule has 0 bridgehead atoms. The highest BCUT2D eigenvalue weighted by Gasteiger charge is 2.25. The summed E-state index contributed by atoms with van der Waals surface area (Å²) in [6, 6.07) is 39.9. The van der Waals surface area contributed by atoms with E-state index < -0.39 is 0 Å². The van der Waals surface area contributed by atoms with Gasteiger partial charge in [-0.25, -0.2) is 0 Å². The Hall–Kier alpha value is -5.20. The molecule has 6 aromatic rings. The third-order valence-electron chi connectivity index (χ3n) is 8.58. The molecule has 0 N–H and O–H groups in total. The lowest BCUT2D eigenvalue weighted by atomic mass is 9.77. The van der Waals surface area contributed by atoms with E-state index in [0.717, 1.165) is 12.8 Å². The van der Waals surface area contributed by atoms with Crippen molar-refractivity contribution in [3.8, 4) is 22.3 Å². The molecule has 0 aromatic heterocycles. The van der Waals surface area contributed by atoms with Crippen LogP contribution in [-0.2, 0) is 0 Å². The van der Waals surface area contributed by atoms with Crippen molar-refractivity contribution in [2.24, 2.45) is 0 Å². The average Bonchev–Trinajstić information content (AvgIpc) is 3.07. The van der Waals surface area contributed by atoms with E-state index in [-0.39, 0.29) is 7.43 Å². The molecule has 0 saturated carbocycles. The largest absolute Gasteiger partial charge is 0.0991 e. The van der Waals surface area contributed by atoms with Gasteiger partial charge < -0.3 is 0 Å². The van der Waals surface area contributed by atoms with E-state index in [2.05, 4.69) is 153 Å². The van der Waals surface area contributed by atoms with Gasteiger partial charge in [0.25, 0.3) is 0 Å². The van der Waals surface area contributed by atoms with Gasteiger partial charge in [0.2, 0.25) is 0 Å². The normalized spacial score (nSPS) is 13.4. The number of hydrogen-bond acceptors (Lipinski definition) is 0. The van der Waals surface area contributed by atoms with Crippen LogP contribution in [0.15, 0.2) is 158 Å². The minimum absolute atomic E-state index is 0. The van der Waals surface area contributed by atoms with E-state index in [0.29, 0.717) is 0 Å². The van der Waals surface area contributed by atoms with Crippen LogP contribution in [0, 0.1) is 0 Å². The molecule has 6 aromatic carbocycles. The van der Waals surface area contributed by atoms with Crippen molar-refractivity contribution < 1.29 is 0 Å². The lowest BCUT2D eigenvalue weighted by Crippen LogP contribution is -2.00. The molecule has 0 heteroatoms. The van der Waals surface area contributed by atoms with Crippen molar-refractivity contribution >= 4 is 43.5 Å². The third kappa shape index (κ3) is 4.93.